The van der Waals surface area contributed by atoms with Gasteiger partial charge in [0.15, 0.2) is 0 Å². The van der Waals surface area contributed by atoms with Crippen LogP contribution < -0.4 is 15.0 Å². The normalized spacial score (nSPS) is 10.0. The average molecular weight is 242 g/mol. The molecule has 2 N–H and O–H groups in total. The number of ether oxygens (including phenoxy) is 2. The molecule has 0 radical (unpaired) electrons. The first-order valence-corrected chi connectivity index (χ1v) is 5.14. The minimum absolute atomic E-state index is 0.157. The van der Waals surface area contributed by atoms with Crippen molar-refractivity contribution in [2.24, 2.45) is 0 Å². The van der Waals surface area contributed by atoms with Gasteiger partial charge in [0, 0.05) is 0 Å². The molecule has 0 aliphatic heterocycles. The first-order valence-electron chi connectivity index (χ1n) is 5.14. The minimum Gasteiger partial charge on any atom is -0.486 e. The maximum atomic E-state index is 11.6. The van der Waals surface area contributed by atoms with Gasteiger partial charge in [0.05, 0.1) is 13.7 Å². The fraction of sp³-hybridized carbons (Fsp3) is 0.500. The molecule has 7 heteroatoms. The van der Waals surface area contributed by atoms with Crippen molar-refractivity contribution in [3.8, 4) is 11.8 Å². The number of methoxy groups -OCH3 is 1. The molecular formula is C10H14N2O5. The lowest BCUT2D eigenvalue weighted by molar-refractivity contribution is 0.0683. The minimum atomic E-state index is -1.33. The molecule has 17 heavy (non-hydrogen) atoms. The van der Waals surface area contributed by atoms with Crippen LogP contribution in [0.15, 0.2) is 4.79 Å². The molecule has 7 nitrogen and oxygen atoms in total. The maximum absolute atomic E-state index is 11.6. The summed E-state index contributed by atoms with van der Waals surface area (Å²) in [6, 6.07) is -0.157. The summed E-state index contributed by atoms with van der Waals surface area (Å²) in [5, 5.41) is 8.92. The highest BCUT2D eigenvalue weighted by atomic mass is 16.5. The third-order valence-corrected chi connectivity index (χ3v) is 2.00. The summed E-state index contributed by atoms with van der Waals surface area (Å²) in [6.07, 6.45) is 1.61. The second-order valence-corrected chi connectivity index (χ2v) is 3.26. The number of carboxylic acid groups (broad SMARTS) is 1. The molecule has 0 saturated heterocycles. The molecule has 1 aromatic rings. The van der Waals surface area contributed by atoms with Crippen molar-refractivity contribution in [3.05, 3.63) is 16.0 Å². The van der Waals surface area contributed by atoms with Crippen LogP contribution in [0.1, 0.15) is 30.3 Å². The molecule has 0 fully saturated rings. The number of H-pyrrole nitrogens is 1. The molecule has 0 aromatic carbocycles. The summed E-state index contributed by atoms with van der Waals surface area (Å²) in [5.41, 5.74) is -1.10. The Kier molecular flexibility index (Phi) is 4.50. The molecule has 0 saturated carbocycles. The number of aromatic carboxylic acids is 1. The van der Waals surface area contributed by atoms with Gasteiger partial charge in [-0.15, -0.1) is 0 Å². The van der Waals surface area contributed by atoms with Gasteiger partial charge < -0.3 is 14.6 Å². The van der Waals surface area contributed by atoms with Gasteiger partial charge in [0.2, 0.25) is 11.4 Å². The van der Waals surface area contributed by atoms with E-state index in [1.807, 2.05) is 6.92 Å². The van der Waals surface area contributed by atoms with E-state index in [1.165, 1.54) is 7.11 Å². The topological polar surface area (TPSA) is 102 Å². The zero-order chi connectivity index (χ0) is 12.8. The Bertz CT molecular complexity index is 454. The van der Waals surface area contributed by atoms with E-state index in [1.54, 1.807) is 0 Å². The number of rotatable bonds is 6. The van der Waals surface area contributed by atoms with Crippen LogP contribution in [-0.2, 0) is 0 Å². The van der Waals surface area contributed by atoms with Crippen molar-refractivity contribution in [3.63, 3.8) is 0 Å². The van der Waals surface area contributed by atoms with Gasteiger partial charge in [-0.1, -0.05) is 13.3 Å². The van der Waals surface area contributed by atoms with Gasteiger partial charge in [0.1, 0.15) is 0 Å². The smallest absolute Gasteiger partial charge is 0.358 e. The number of hydrogen-bond acceptors (Lipinski definition) is 5. The molecule has 0 aliphatic rings. The molecule has 0 atom stereocenters. The Labute approximate surface area is 97.4 Å². The number of aromatic nitrogens is 2. The van der Waals surface area contributed by atoms with Gasteiger partial charge in [-0.2, -0.15) is 4.98 Å². The fourth-order valence-electron chi connectivity index (χ4n) is 1.14. The van der Waals surface area contributed by atoms with Crippen molar-refractivity contribution in [1.29, 1.82) is 0 Å². The van der Waals surface area contributed by atoms with Crippen LogP contribution in [0.5, 0.6) is 11.8 Å². The average Bonchev–Trinajstić information content (AvgIpc) is 2.30. The third kappa shape index (κ3) is 3.20. The maximum Gasteiger partial charge on any atom is 0.358 e. The molecule has 0 bridgehead atoms. The van der Waals surface area contributed by atoms with Crippen LogP contribution in [0.25, 0.3) is 0 Å². The zero-order valence-corrected chi connectivity index (χ0v) is 9.65. The highest BCUT2D eigenvalue weighted by Crippen LogP contribution is 2.13. The van der Waals surface area contributed by atoms with E-state index in [4.69, 9.17) is 9.84 Å². The lowest BCUT2D eigenvalue weighted by Crippen LogP contribution is -2.19. The second kappa shape index (κ2) is 5.88. The number of carboxylic acids is 1. The Balaban J connectivity index is 3.09. The lowest BCUT2D eigenvalue weighted by atomic mass is 10.3. The number of hydrogen-bond donors (Lipinski definition) is 2. The third-order valence-electron chi connectivity index (χ3n) is 2.00. The van der Waals surface area contributed by atoms with Gasteiger partial charge in [0.25, 0.3) is 11.6 Å². The second-order valence-electron chi connectivity index (χ2n) is 3.26. The van der Waals surface area contributed by atoms with Gasteiger partial charge >= 0.3 is 5.97 Å². The molecule has 0 aliphatic carbocycles. The quantitative estimate of drug-likeness (QED) is 0.710. The Hall–Kier alpha value is -2.05. The standard InChI is InChI=1S/C10H14N2O5/c1-3-4-5-17-7-6(9(14)15)11-10(16-2)12-8(7)13/h3-5H2,1-2H3,(H,14,15)(H,11,12,13). The van der Waals surface area contributed by atoms with E-state index in [-0.39, 0.29) is 18.4 Å². The fourth-order valence-corrected chi connectivity index (χ4v) is 1.14. The number of nitrogens with one attached hydrogen (secondary N) is 1. The first kappa shape index (κ1) is 13.0. The van der Waals surface area contributed by atoms with Gasteiger partial charge in [-0.25, -0.2) is 4.79 Å². The van der Waals surface area contributed by atoms with E-state index < -0.39 is 17.2 Å². The predicted octanol–water partition coefficient (Wildman–Crippen LogP) is 0.656. The van der Waals surface area contributed by atoms with Crippen LogP contribution in [0.4, 0.5) is 0 Å². The lowest BCUT2D eigenvalue weighted by Gasteiger charge is -2.07. The van der Waals surface area contributed by atoms with Crippen molar-refractivity contribution >= 4 is 5.97 Å². The Morgan fingerprint density at radius 1 is 1.53 bits per heavy atom. The van der Waals surface area contributed by atoms with E-state index in [0.717, 1.165) is 12.8 Å². The zero-order valence-electron chi connectivity index (χ0n) is 9.65. The van der Waals surface area contributed by atoms with Crippen LogP contribution in [0.2, 0.25) is 0 Å². The number of carbonyl (C=O) groups is 1. The van der Waals surface area contributed by atoms with E-state index in [9.17, 15) is 9.59 Å². The SMILES string of the molecule is CCCCOc1c(C(=O)O)nc(OC)[nH]c1=O. The highest BCUT2D eigenvalue weighted by molar-refractivity contribution is 5.88. The van der Waals surface area contributed by atoms with Gasteiger partial charge in [-0.3, -0.25) is 9.78 Å². The van der Waals surface area contributed by atoms with Crippen LogP contribution >= 0.6 is 0 Å². The molecule has 0 spiro atoms. The molecule has 0 amide bonds. The molecule has 1 heterocycles. The van der Waals surface area contributed by atoms with Crippen molar-refractivity contribution in [2.75, 3.05) is 13.7 Å². The molecule has 1 rings (SSSR count). The summed E-state index contributed by atoms with van der Waals surface area (Å²) in [6.45, 7) is 2.23. The highest BCUT2D eigenvalue weighted by Gasteiger charge is 2.19. The Morgan fingerprint density at radius 2 is 2.24 bits per heavy atom. The number of nitrogens with zero attached hydrogens (tertiary/aromatic N) is 1. The monoisotopic (exact) mass is 242 g/mol. The van der Waals surface area contributed by atoms with Crippen LogP contribution in [0, 0.1) is 0 Å². The summed E-state index contributed by atoms with van der Waals surface area (Å²) < 4.78 is 9.81. The van der Waals surface area contributed by atoms with E-state index in [0.29, 0.717) is 0 Å². The van der Waals surface area contributed by atoms with Crippen molar-refractivity contribution < 1.29 is 19.4 Å². The summed E-state index contributed by atoms with van der Waals surface area (Å²) >= 11 is 0. The Morgan fingerprint density at radius 3 is 2.76 bits per heavy atom. The van der Waals surface area contributed by atoms with Gasteiger partial charge in [-0.05, 0) is 6.42 Å². The van der Waals surface area contributed by atoms with Crippen molar-refractivity contribution in [1.82, 2.24) is 9.97 Å². The summed E-state index contributed by atoms with van der Waals surface area (Å²) in [7, 11) is 1.28. The van der Waals surface area contributed by atoms with E-state index in [2.05, 4.69) is 14.7 Å². The summed E-state index contributed by atoms with van der Waals surface area (Å²) in [4.78, 5) is 28.4. The molecule has 94 valence electrons. The van der Waals surface area contributed by atoms with E-state index >= 15 is 0 Å². The summed E-state index contributed by atoms with van der Waals surface area (Å²) in [5.74, 6) is -1.62. The largest absolute Gasteiger partial charge is 0.486 e. The van der Waals surface area contributed by atoms with Crippen molar-refractivity contribution in [2.45, 2.75) is 19.8 Å². The first-order chi connectivity index (χ1) is 8.10. The predicted molar refractivity (Wildman–Crippen MR) is 58.8 cm³/mol. The molecule has 1 aromatic heterocycles. The van der Waals surface area contributed by atoms with Crippen LogP contribution in [0.3, 0.4) is 0 Å². The van der Waals surface area contributed by atoms with Crippen LogP contribution in [-0.4, -0.2) is 34.8 Å². The number of unbranched alkanes of at least 4 members (excludes halogenated alkanes) is 1. The number of aromatic amines is 1. The molecular weight excluding hydrogens is 228 g/mol. The molecule has 0 unspecified atom stereocenters.